The number of fused-ring (bicyclic) bond motifs is 1. The lowest BCUT2D eigenvalue weighted by Gasteiger charge is -2.16. The standard InChI is InChI=1S/C25H30F2N2O3/c26-25(27,20-8-4-3-5-9-20)18-32-17-7-2-1-6-15-28-16-14-19-10-12-22(30)24-21(19)11-13-23(31)29-24/h3-5,8-13,28,30H,1-2,6-7,14-18H2,(H,29,31). The lowest BCUT2D eigenvalue weighted by atomic mass is 10.0. The molecule has 0 unspecified atom stereocenters. The minimum absolute atomic E-state index is 0.0142. The van der Waals surface area contributed by atoms with E-state index in [4.69, 9.17) is 4.74 Å². The molecule has 0 aliphatic carbocycles. The summed E-state index contributed by atoms with van der Waals surface area (Å²) in [5.74, 6) is -2.88. The van der Waals surface area contributed by atoms with Crippen LogP contribution in [-0.2, 0) is 17.1 Å². The van der Waals surface area contributed by atoms with Gasteiger partial charge in [-0.1, -0.05) is 49.2 Å². The molecule has 0 bridgehead atoms. The number of rotatable bonds is 13. The number of benzene rings is 2. The quantitative estimate of drug-likeness (QED) is 0.333. The van der Waals surface area contributed by atoms with Gasteiger partial charge in [-0.3, -0.25) is 4.79 Å². The van der Waals surface area contributed by atoms with Crippen molar-refractivity contribution in [3.05, 3.63) is 76.1 Å². The molecule has 0 radical (unpaired) electrons. The van der Waals surface area contributed by atoms with Gasteiger partial charge in [0, 0.05) is 23.6 Å². The second-order valence-electron chi connectivity index (χ2n) is 7.89. The molecular formula is C25H30F2N2O3. The SMILES string of the molecule is O=c1ccc2c(CCNCCCCCCOCC(F)(F)c3ccccc3)ccc(O)c2[nH]1. The van der Waals surface area contributed by atoms with Crippen LogP contribution >= 0.6 is 0 Å². The zero-order chi connectivity index (χ0) is 22.8. The van der Waals surface area contributed by atoms with Gasteiger partial charge in [0.2, 0.25) is 5.56 Å². The van der Waals surface area contributed by atoms with Gasteiger partial charge in [-0.2, -0.15) is 8.78 Å². The Morgan fingerprint density at radius 2 is 1.72 bits per heavy atom. The smallest absolute Gasteiger partial charge is 0.296 e. The number of pyridine rings is 1. The summed E-state index contributed by atoms with van der Waals surface area (Å²) in [6.07, 6.45) is 4.50. The number of hydrogen-bond donors (Lipinski definition) is 3. The number of H-pyrrole nitrogens is 1. The summed E-state index contributed by atoms with van der Waals surface area (Å²) in [5.41, 5.74) is 1.28. The van der Waals surface area contributed by atoms with E-state index in [9.17, 15) is 18.7 Å². The number of halogens is 2. The molecule has 0 atom stereocenters. The zero-order valence-corrected chi connectivity index (χ0v) is 18.1. The van der Waals surface area contributed by atoms with Crippen LogP contribution in [-0.4, -0.2) is 36.4 Å². The van der Waals surface area contributed by atoms with Crippen LogP contribution in [0.5, 0.6) is 5.75 Å². The summed E-state index contributed by atoms with van der Waals surface area (Å²) in [6, 6.07) is 14.4. The number of alkyl halides is 2. The lowest BCUT2D eigenvalue weighted by Crippen LogP contribution is -2.21. The Morgan fingerprint density at radius 3 is 2.53 bits per heavy atom. The Bertz CT molecular complexity index is 1040. The second-order valence-corrected chi connectivity index (χ2v) is 7.89. The van der Waals surface area contributed by atoms with Crippen LogP contribution in [0.1, 0.15) is 36.8 Å². The first-order valence-electron chi connectivity index (χ1n) is 11.0. The molecule has 0 aliphatic rings. The van der Waals surface area contributed by atoms with Crippen LogP contribution in [0.2, 0.25) is 0 Å². The number of unbranched alkanes of at least 4 members (excludes halogenated alkanes) is 3. The topological polar surface area (TPSA) is 74.3 Å². The molecule has 5 nitrogen and oxygen atoms in total. The Balaban J connectivity index is 1.25. The summed E-state index contributed by atoms with van der Waals surface area (Å²) >= 11 is 0. The number of aromatic amines is 1. The first-order chi connectivity index (χ1) is 15.5. The number of phenols is 1. The minimum atomic E-state index is -2.96. The van der Waals surface area contributed by atoms with E-state index in [1.165, 1.54) is 18.2 Å². The lowest BCUT2D eigenvalue weighted by molar-refractivity contribution is -0.0831. The normalized spacial score (nSPS) is 11.8. The molecule has 0 spiro atoms. The highest BCUT2D eigenvalue weighted by molar-refractivity contribution is 5.87. The number of aromatic hydroxyl groups is 1. The third-order valence-electron chi connectivity index (χ3n) is 5.41. The summed E-state index contributed by atoms with van der Waals surface area (Å²) < 4.78 is 33.2. The molecular weight excluding hydrogens is 414 g/mol. The van der Waals surface area contributed by atoms with Gasteiger partial charge in [-0.25, -0.2) is 0 Å². The second kappa shape index (κ2) is 11.7. The number of hydrogen-bond acceptors (Lipinski definition) is 4. The number of nitrogens with one attached hydrogen (secondary N) is 2. The maximum atomic E-state index is 14.0. The molecule has 1 aromatic heterocycles. The van der Waals surface area contributed by atoms with Crippen molar-refractivity contribution < 1.29 is 18.6 Å². The van der Waals surface area contributed by atoms with Crippen LogP contribution in [0.15, 0.2) is 59.4 Å². The predicted octanol–water partition coefficient (Wildman–Crippen LogP) is 4.73. The number of aromatic nitrogens is 1. The zero-order valence-electron chi connectivity index (χ0n) is 18.1. The first-order valence-corrected chi connectivity index (χ1v) is 11.0. The third kappa shape index (κ3) is 6.87. The van der Waals surface area contributed by atoms with Crippen molar-refractivity contribution in [2.45, 2.75) is 38.0 Å². The molecule has 2 aromatic carbocycles. The van der Waals surface area contributed by atoms with Crippen LogP contribution in [0.3, 0.4) is 0 Å². The van der Waals surface area contributed by atoms with E-state index in [-0.39, 0.29) is 16.9 Å². The fourth-order valence-corrected chi connectivity index (χ4v) is 3.64. The Morgan fingerprint density at radius 1 is 0.938 bits per heavy atom. The van der Waals surface area contributed by atoms with Crippen molar-refractivity contribution in [1.82, 2.24) is 10.3 Å². The van der Waals surface area contributed by atoms with Crippen LogP contribution in [0, 0.1) is 0 Å². The van der Waals surface area contributed by atoms with Gasteiger partial charge in [0.05, 0.1) is 5.52 Å². The van der Waals surface area contributed by atoms with Gasteiger partial charge in [0.15, 0.2) is 0 Å². The van der Waals surface area contributed by atoms with Gasteiger partial charge in [-0.15, -0.1) is 0 Å². The van der Waals surface area contributed by atoms with E-state index < -0.39 is 12.5 Å². The van der Waals surface area contributed by atoms with Crippen molar-refractivity contribution in [2.75, 3.05) is 26.3 Å². The van der Waals surface area contributed by atoms with E-state index in [1.54, 1.807) is 30.3 Å². The molecule has 3 aromatic rings. The average molecular weight is 445 g/mol. The maximum absolute atomic E-state index is 14.0. The Hall–Kier alpha value is -2.77. The summed E-state index contributed by atoms with van der Waals surface area (Å²) in [6.45, 7) is 1.42. The highest BCUT2D eigenvalue weighted by atomic mass is 19.3. The summed E-state index contributed by atoms with van der Waals surface area (Å²) in [7, 11) is 0. The van der Waals surface area contributed by atoms with Crippen LogP contribution < -0.4 is 10.9 Å². The van der Waals surface area contributed by atoms with E-state index >= 15 is 0 Å². The summed E-state index contributed by atoms with van der Waals surface area (Å²) in [5, 5.41) is 14.2. The van der Waals surface area contributed by atoms with E-state index in [2.05, 4.69) is 10.3 Å². The van der Waals surface area contributed by atoms with Gasteiger partial charge in [0.25, 0.3) is 5.92 Å². The Labute approximate surface area is 186 Å². The van der Waals surface area contributed by atoms with E-state index in [1.807, 2.05) is 6.07 Å². The Kier molecular flexibility index (Phi) is 8.76. The molecule has 0 fully saturated rings. The van der Waals surface area contributed by atoms with Crippen molar-refractivity contribution in [3.8, 4) is 5.75 Å². The molecule has 172 valence electrons. The van der Waals surface area contributed by atoms with Gasteiger partial charge in [-0.05, 0) is 50.0 Å². The monoisotopic (exact) mass is 444 g/mol. The summed E-state index contributed by atoms with van der Waals surface area (Å²) in [4.78, 5) is 14.1. The minimum Gasteiger partial charge on any atom is -0.506 e. The molecule has 0 aliphatic heterocycles. The van der Waals surface area contributed by atoms with Gasteiger partial charge >= 0.3 is 0 Å². The van der Waals surface area contributed by atoms with Gasteiger partial charge in [0.1, 0.15) is 12.4 Å². The van der Waals surface area contributed by atoms with Crippen molar-refractivity contribution in [1.29, 1.82) is 0 Å². The third-order valence-corrected chi connectivity index (χ3v) is 5.41. The molecule has 0 saturated heterocycles. The molecule has 3 rings (SSSR count). The molecule has 3 N–H and O–H groups in total. The van der Waals surface area contributed by atoms with Crippen LogP contribution in [0.4, 0.5) is 8.78 Å². The molecule has 0 saturated carbocycles. The van der Waals surface area contributed by atoms with Crippen molar-refractivity contribution >= 4 is 10.9 Å². The highest BCUT2D eigenvalue weighted by Gasteiger charge is 2.31. The fourth-order valence-electron chi connectivity index (χ4n) is 3.64. The average Bonchev–Trinajstić information content (AvgIpc) is 2.79. The van der Waals surface area contributed by atoms with Crippen LogP contribution in [0.25, 0.3) is 10.9 Å². The number of phenolic OH excluding ortho intramolecular Hbond substituents is 1. The van der Waals surface area contributed by atoms with E-state index in [0.717, 1.165) is 56.1 Å². The van der Waals surface area contributed by atoms with Gasteiger partial charge < -0.3 is 20.1 Å². The van der Waals surface area contributed by atoms with Crippen molar-refractivity contribution in [3.63, 3.8) is 0 Å². The molecule has 32 heavy (non-hydrogen) atoms. The highest BCUT2D eigenvalue weighted by Crippen LogP contribution is 2.28. The molecule has 0 amide bonds. The predicted molar refractivity (Wildman–Crippen MR) is 122 cm³/mol. The molecule has 7 heteroatoms. The number of ether oxygens (including phenoxy) is 1. The van der Waals surface area contributed by atoms with Crippen molar-refractivity contribution in [2.24, 2.45) is 0 Å². The fraction of sp³-hybridized carbons (Fsp3) is 0.400. The first kappa shape index (κ1) is 23.9. The molecule has 1 heterocycles. The maximum Gasteiger partial charge on any atom is 0.296 e. The largest absolute Gasteiger partial charge is 0.506 e. The van der Waals surface area contributed by atoms with E-state index in [0.29, 0.717) is 12.1 Å².